The fourth-order valence-electron chi connectivity index (χ4n) is 2.08. The molecular weight excluding hydrogens is 330 g/mol. The number of ketones is 1. The van der Waals surface area contributed by atoms with Gasteiger partial charge in [0, 0.05) is 36.3 Å². The molecule has 2 aromatic rings. The lowest BCUT2D eigenvalue weighted by Crippen LogP contribution is -2.33. The molecule has 1 N–H and O–H groups in total. The van der Waals surface area contributed by atoms with Crippen LogP contribution in [0.1, 0.15) is 44.0 Å². The maximum Gasteiger partial charge on any atom is 0.407 e. The van der Waals surface area contributed by atoms with Gasteiger partial charge in [-0.05, 0) is 39.3 Å². The number of ether oxygens (including phenoxy) is 1. The van der Waals surface area contributed by atoms with E-state index in [0.717, 1.165) is 5.39 Å². The third-order valence-electron chi connectivity index (χ3n) is 3.13. The number of carbonyl (C=O) groups is 2. The molecule has 0 aliphatic rings. The van der Waals surface area contributed by atoms with Gasteiger partial charge in [0.15, 0.2) is 10.9 Å². The van der Waals surface area contributed by atoms with E-state index in [4.69, 9.17) is 16.3 Å². The summed E-state index contributed by atoms with van der Waals surface area (Å²) in [6.45, 7) is 5.76. The van der Waals surface area contributed by atoms with Crippen LogP contribution in [0.25, 0.3) is 10.9 Å². The summed E-state index contributed by atoms with van der Waals surface area (Å²) in [5, 5.41) is 3.71. The van der Waals surface area contributed by atoms with Crippen LogP contribution < -0.4 is 5.32 Å². The van der Waals surface area contributed by atoms with Gasteiger partial charge in [-0.15, -0.1) is 0 Å². The minimum Gasteiger partial charge on any atom is -0.444 e. The Bertz CT molecular complexity index is 756. The molecule has 0 aliphatic heterocycles. The van der Waals surface area contributed by atoms with Gasteiger partial charge in [-0.1, -0.05) is 11.6 Å². The Morgan fingerprint density at radius 2 is 2.04 bits per heavy atom. The lowest BCUT2D eigenvalue weighted by atomic mass is 10.1. The molecule has 0 radical (unpaired) electrons. The Kier molecular flexibility index (Phi) is 5.72. The average Bonchev–Trinajstić information content (AvgIpc) is 2.49. The standard InChI is InChI=1S/C17H20ClN3O3/c1-17(2,3)24-16(23)20-7-4-5-13(22)12-9-11-6-8-19-15(18)14(11)21-10-12/h6,8-10H,4-5,7H2,1-3H3,(H,20,23). The topological polar surface area (TPSA) is 81.2 Å². The molecule has 24 heavy (non-hydrogen) atoms. The number of alkyl carbamates (subject to hydrolysis) is 1. The first-order chi connectivity index (χ1) is 11.3. The van der Waals surface area contributed by atoms with Crippen molar-refractivity contribution < 1.29 is 14.3 Å². The molecule has 1 amide bonds. The summed E-state index contributed by atoms with van der Waals surface area (Å²) in [5.74, 6) is -0.0386. The molecule has 2 heterocycles. The first-order valence-corrected chi connectivity index (χ1v) is 8.04. The summed E-state index contributed by atoms with van der Waals surface area (Å²) in [7, 11) is 0. The van der Waals surface area contributed by atoms with Crippen molar-refractivity contribution in [2.24, 2.45) is 0 Å². The molecule has 128 valence electrons. The minimum absolute atomic E-state index is 0.0386. The number of pyridine rings is 2. The van der Waals surface area contributed by atoms with E-state index in [9.17, 15) is 9.59 Å². The number of rotatable bonds is 5. The number of fused-ring (bicyclic) bond motifs is 1. The largest absolute Gasteiger partial charge is 0.444 e. The van der Waals surface area contributed by atoms with Crippen LogP contribution in [-0.4, -0.2) is 34.0 Å². The van der Waals surface area contributed by atoms with Crippen molar-refractivity contribution in [1.82, 2.24) is 15.3 Å². The number of halogens is 1. The highest BCUT2D eigenvalue weighted by molar-refractivity contribution is 6.33. The Morgan fingerprint density at radius 1 is 1.29 bits per heavy atom. The van der Waals surface area contributed by atoms with Crippen LogP contribution in [-0.2, 0) is 4.74 Å². The van der Waals surface area contributed by atoms with Crippen LogP contribution >= 0.6 is 11.6 Å². The molecule has 7 heteroatoms. The SMILES string of the molecule is CC(C)(C)OC(=O)NCCCC(=O)c1cnc2c(Cl)nccc2c1. The highest BCUT2D eigenvalue weighted by Crippen LogP contribution is 2.20. The molecular formula is C17H20ClN3O3. The first kappa shape index (κ1) is 18.1. The van der Waals surface area contributed by atoms with Gasteiger partial charge in [0.25, 0.3) is 0 Å². The summed E-state index contributed by atoms with van der Waals surface area (Å²) >= 11 is 5.96. The zero-order valence-electron chi connectivity index (χ0n) is 13.9. The molecule has 6 nitrogen and oxygen atoms in total. The fraction of sp³-hybridized carbons (Fsp3) is 0.412. The van der Waals surface area contributed by atoms with Gasteiger partial charge in [-0.25, -0.2) is 9.78 Å². The predicted molar refractivity (Wildman–Crippen MR) is 92.3 cm³/mol. The second-order valence-corrected chi connectivity index (χ2v) is 6.71. The van der Waals surface area contributed by atoms with Gasteiger partial charge < -0.3 is 10.1 Å². The molecule has 0 unspecified atom stereocenters. The summed E-state index contributed by atoms with van der Waals surface area (Å²) < 4.78 is 5.13. The van der Waals surface area contributed by atoms with Crippen LogP contribution in [0.2, 0.25) is 5.15 Å². The van der Waals surface area contributed by atoms with Crippen molar-refractivity contribution >= 4 is 34.4 Å². The minimum atomic E-state index is -0.535. The molecule has 0 saturated heterocycles. The second kappa shape index (κ2) is 7.57. The Labute approximate surface area is 145 Å². The Balaban J connectivity index is 1.86. The number of nitrogens with zero attached hydrogens (tertiary/aromatic N) is 2. The van der Waals surface area contributed by atoms with Crippen LogP contribution in [0.15, 0.2) is 24.5 Å². The number of hydrogen-bond acceptors (Lipinski definition) is 5. The van der Waals surface area contributed by atoms with Crippen molar-refractivity contribution in [3.8, 4) is 0 Å². The lowest BCUT2D eigenvalue weighted by Gasteiger charge is -2.19. The zero-order chi connectivity index (χ0) is 17.7. The van der Waals surface area contributed by atoms with Crippen molar-refractivity contribution in [2.75, 3.05) is 6.54 Å². The Hall–Kier alpha value is -2.21. The summed E-state index contributed by atoms with van der Waals surface area (Å²) in [6.07, 6.45) is 3.42. The summed E-state index contributed by atoms with van der Waals surface area (Å²) in [5.41, 5.74) is 0.552. The third kappa shape index (κ3) is 5.16. The number of carbonyl (C=O) groups excluding carboxylic acids is 2. The highest BCUT2D eigenvalue weighted by atomic mass is 35.5. The van der Waals surface area contributed by atoms with E-state index in [1.165, 1.54) is 6.20 Å². The van der Waals surface area contributed by atoms with Crippen LogP contribution in [0.4, 0.5) is 4.79 Å². The second-order valence-electron chi connectivity index (χ2n) is 6.35. The Morgan fingerprint density at radius 3 is 2.75 bits per heavy atom. The van der Waals surface area contributed by atoms with E-state index in [1.807, 2.05) is 0 Å². The van der Waals surface area contributed by atoms with Crippen LogP contribution in [0.5, 0.6) is 0 Å². The van der Waals surface area contributed by atoms with E-state index in [1.54, 1.807) is 39.1 Å². The molecule has 0 saturated carbocycles. The fourth-order valence-corrected chi connectivity index (χ4v) is 2.29. The predicted octanol–water partition coefficient (Wildman–Crippen LogP) is 3.77. The third-order valence-corrected chi connectivity index (χ3v) is 3.40. The van der Waals surface area contributed by atoms with Crippen molar-refractivity contribution in [3.63, 3.8) is 0 Å². The normalized spacial score (nSPS) is 11.3. The number of nitrogens with one attached hydrogen (secondary N) is 1. The monoisotopic (exact) mass is 349 g/mol. The van der Waals surface area contributed by atoms with E-state index < -0.39 is 11.7 Å². The van der Waals surface area contributed by atoms with Gasteiger partial charge in [-0.2, -0.15) is 0 Å². The quantitative estimate of drug-likeness (QED) is 0.505. The molecule has 2 rings (SSSR count). The average molecular weight is 350 g/mol. The van der Waals surface area contributed by atoms with Crippen molar-refractivity contribution in [1.29, 1.82) is 0 Å². The summed E-state index contributed by atoms with van der Waals surface area (Å²) in [6, 6.07) is 3.51. The van der Waals surface area contributed by atoms with E-state index in [-0.39, 0.29) is 5.78 Å². The number of hydrogen-bond donors (Lipinski definition) is 1. The maximum absolute atomic E-state index is 12.2. The van der Waals surface area contributed by atoms with Gasteiger partial charge in [-0.3, -0.25) is 9.78 Å². The highest BCUT2D eigenvalue weighted by Gasteiger charge is 2.15. The van der Waals surface area contributed by atoms with Gasteiger partial charge in [0.05, 0.1) is 0 Å². The summed E-state index contributed by atoms with van der Waals surface area (Å²) in [4.78, 5) is 31.9. The maximum atomic E-state index is 12.2. The molecule has 0 spiro atoms. The number of aromatic nitrogens is 2. The van der Waals surface area contributed by atoms with E-state index >= 15 is 0 Å². The zero-order valence-corrected chi connectivity index (χ0v) is 14.7. The molecule has 0 atom stereocenters. The van der Waals surface area contributed by atoms with Gasteiger partial charge >= 0.3 is 6.09 Å². The van der Waals surface area contributed by atoms with E-state index in [0.29, 0.717) is 35.6 Å². The lowest BCUT2D eigenvalue weighted by molar-refractivity contribution is 0.0525. The molecule has 0 bridgehead atoms. The molecule has 0 aliphatic carbocycles. The molecule has 0 aromatic carbocycles. The van der Waals surface area contributed by atoms with Gasteiger partial charge in [0.1, 0.15) is 11.1 Å². The smallest absolute Gasteiger partial charge is 0.407 e. The van der Waals surface area contributed by atoms with Crippen molar-refractivity contribution in [2.45, 2.75) is 39.2 Å². The number of Topliss-reactive ketones (excluding diaryl/α,β-unsaturated/α-hetero) is 1. The van der Waals surface area contributed by atoms with E-state index in [2.05, 4.69) is 15.3 Å². The van der Waals surface area contributed by atoms with Gasteiger partial charge in [0.2, 0.25) is 0 Å². The van der Waals surface area contributed by atoms with Crippen molar-refractivity contribution in [3.05, 3.63) is 35.2 Å². The van der Waals surface area contributed by atoms with Crippen LogP contribution in [0, 0.1) is 0 Å². The first-order valence-electron chi connectivity index (χ1n) is 7.66. The number of amides is 1. The molecule has 0 fully saturated rings. The van der Waals surface area contributed by atoms with Crippen LogP contribution in [0.3, 0.4) is 0 Å². The molecule has 2 aromatic heterocycles.